The number of benzene rings is 1. The largest absolute Gasteiger partial charge is 0.350 e. The molecule has 0 aliphatic rings. The Morgan fingerprint density at radius 1 is 1.33 bits per heavy atom. The van der Waals surface area contributed by atoms with E-state index in [1.54, 1.807) is 6.07 Å². The molecular weight excluding hydrogens is 192 g/mol. The molecule has 0 N–H and O–H groups in total. The molecule has 0 aliphatic carbocycles. The number of nitrogens with zero attached hydrogens (tertiary/aromatic N) is 2. The smallest absolute Gasteiger partial charge is 0.314 e. The summed E-state index contributed by atoms with van der Waals surface area (Å²) in [6.07, 6.45) is 0. The first-order chi connectivity index (χ1) is 7.31. The summed E-state index contributed by atoms with van der Waals surface area (Å²) in [5.74, 6) is -0.409. The molecule has 0 saturated carbocycles. The first kappa shape index (κ1) is 9.33. The molecule has 1 heterocycles. The van der Waals surface area contributed by atoms with Crippen molar-refractivity contribution in [3.8, 4) is 11.3 Å². The molecule has 0 spiro atoms. The van der Waals surface area contributed by atoms with Gasteiger partial charge in [-0.25, -0.2) is 4.99 Å². The minimum Gasteiger partial charge on any atom is -0.350 e. The van der Waals surface area contributed by atoms with Crippen LogP contribution in [0, 0.1) is 0 Å². The van der Waals surface area contributed by atoms with Crippen molar-refractivity contribution in [2.24, 2.45) is 4.99 Å². The zero-order valence-corrected chi connectivity index (χ0v) is 7.88. The Morgan fingerprint density at radius 2 is 2.07 bits per heavy atom. The quantitative estimate of drug-likeness (QED) is 0.698. The van der Waals surface area contributed by atoms with Crippen molar-refractivity contribution in [1.82, 2.24) is 5.16 Å². The van der Waals surface area contributed by atoms with E-state index in [4.69, 9.17) is 4.52 Å². The maximum Gasteiger partial charge on any atom is 0.314 e. The van der Waals surface area contributed by atoms with Crippen molar-refractivity contribution >= 4 is 12.6 Å². The van der Waals surface area contributed by atoms with Crippen molar-refractivity contribution in [2.75, 3.05) is 0 Å². The fraction of sp³-hybridized carbons (Fsp3) is 0. The third-order valence-corrected chi connectivity index (χ3v) is 1.93. The highest BCUT2D eigenvalue weighted by atomic mass is 16.5. The summed E-state index contributed by atoms with van der Waals surface area (Å²) in [5.41, 5.74) is 1.51. The third-order valence-electron chi connectivity index (χ3n) is 1.93. The molecular formula is C11H8N2O2. The van der Waals surface area contributed by atoms with Gasteiger partial charge in [0.1, 0.15) is 5.69 Å². The van der Waals surface area contributed by atoms with Crippen molar-refractivity contribution in [1.29, 1.82) is 0 Å². The molecule has 1 aromatic carbocycles. The number of carbonyl (C=O) groups is 1. The molecule has 0 fully saturated rings. The highest BCUT2D eigenvalue weighted by Crippen LogP contribution is 2.18. The Morgan fingerprint density at radius 3 is 2.73 bits per heavy atom. The van der Waals surface area contributed by atoms with E-state index in [-0.39, 0.29) is 5.76 Å². The van der Waals surface area contributed by atoms with Crippen LogP contribution in [0.2, 0.25) is 0 Å². The van der Waals surface area contributed by atoms with Crippen LogP contribution in [0.4, 0.5) is 0 Å². The fourth-order valence-electron chi connectivity index (χ4n) is 1.20. The average Bonchev–Trinajstić information content (AvgIpc) is 2.78. The fourth-order valence-corrected chi connectivity index (χ4v) is 1.20. The normalized spacial score (nSPS) is 9.87. The molecule has 2 rings (SSSR count). The Labute approximate surface area is 86.2 Å². The monoisotopic (exact) mass is 200 g/mol. The lowest BCUT2D eigenvalue weighted by Gasteiger charge is -1.91. The molecule has 1 aromatic heterocycles. The highest BCUT2D eigenvalue weighted by molar-refractivity contribution is 5.95. The maximum absolute atomic E-state index is 11.1. The van der Waals surface area contributed by atoms with Gasteiger partial charge in [0.25, 0.3) is 0 Å². The minimum absolute atomic E-state index is 0.101. The number of rotatable bonds is 2. The van der Waals surface area contributed by atoms with Crippen LogP contribution in [-0.4, -0.2) is 17.8 Å². The van der Waals surface area contributed by atoms with E-state index >= 15 is 0 Å². The van der Waals surface area contributed by atoms with Crippen LogP contribution in [0.25, 0.3) is 11.3 Å². The standard InChI is InChI=1S/C11H8N2O2/c1-12-11(14)10-7-9(13-15-10)8-5-3-2-4-6-8/h2-7H,1H2. The zero-order chi connectivity index (χ0) is 10.7. The number of aromatic nitrogens is 1. The van der Waals surface area contributed by atoms with Gasteiger partial charge in [-0.15, -0.1) is 0 Å². The summed E-state index contributed by atoms with van der Waals surface area (Å²) in [4.78, 5) is 14.3. The van der Waals surface area contributed by atoms with E-state index in [9.17, 15) is 4.79 Å². The lowest BCUT2D eigenvalue weighted by Crippen LogP contribution is -1.89. The van der Waals surface area contributed by atoms with Crippen LogP contribution in [0.3, 0.4) is 0 Å². The lowest BCUT2D eigenvalue weighted by molar-refractivity contribution is 0.0969. The second-order valence-electron chi connectivity index (χ2n) is 2.91. The molecule has 15 heavy (non-hydrogen) atoms. The van der Waals surface area contributed by atoms with E-state index in [0.717, 1.165) is 5.56 Å². The molecule has 0 saturated heterocycles. The molecule has 74 valence electrons. The van der Waals surface area contributed by atoms with Gasteiger partial charge >= 0.3 is 5.91 Å². The van der Waals surface area contributed by atoms with Gasteiger partial charge in [-0.05, 0) is 6.72 Å². The van der Waals surface area contributed by atoms with Crippen molar-refractivity contribution < 1.29 is 9.32 Å². The Kier molecular flexibility index (Phi) is 2.41. The first-order valence-electron chi connectivity index (χ1n) is 4.34. The second kappa shape index (κ2) is 3.88. The predicted octanol–water partition coefficient (Wildman–Crippen LogP) is 2.18. The van der Waals surface area contributed by atoms with Crippen LogP contribution >= 0.6 is 0 Å². The van der Waals surface area contributed by atoms with Crippen molar-refractivity contribution in [3.05, 3.63) is 42.2 Å². The molecule has 2 aromatic rings. The van der Waals surface area contributed by atoms with Gasteiger partial charge < -0.3 is 4.52 Å². The summed E-state index contributed by atoms with van der Waals surface area (Å²) in [5, 5.41) is 3.77. The first-order valence-corrected chi connectivity index (χ1v) is 4.34. The van der Waals surface area contributed by atoms with Crippen molar-refractivity contribution in [3.63, 3.8) is 0 Å². The Bertz CT molecular complexity index is 488. The van der Waals surface area contributed by atoms with E-state index in [2.05, 4.69) is 16.9 Å². The molecule has 4 nitrogen and oxygen atoms in total. The lowest BCUT2D eigenvalue weighted by atomic mass is 10.1. The van der Waals surface area contributed by atoms with E-state index in [1.807, 2.05) is 30.3 Å². The zero-order valence-electron chi connectivity index (χ0n) is 7.88. The number of hydrogen-bond donors (Lipinski definition) is 0. The minimum atomic E-state index is -0.510. The number of aliphatic imine (C=N–C) groups is 1. The SMILES string of the molecule is C=NC(=O)c1cc(-c2ccccc2)no1. The van der Waals surface area contributed by atoms with Gasteiger partial charge in [-0.2, -0.15) is 0 Å². The number of hydrogen-bond acceptors (Lipinski definition) is 3. The van der Waals surface area contributed by atoms with Gasteiger partial charge in [0.15, 0.2) is 0 Å². The van der Waals surface area contributed by atoms with E-state index < -0.39 is 5.91 Å². The van der Waals surface area contributed by atoms with E-state index in [0.29, 0.717) is 5.69 Å². The highest BCUT2D eigenvalue weighted by Gasteiger charge is 2.11. The molecule has 0 bridgehead atoms. The van der Waals surface area contributed by atoms with Crippen LogP contribution in [0.5, 0.6) is 0 Å². The average molecular weight is 200 g/mol. The molecule has 4 heteroatoms. The van der Waals surface area contributed by atoms with Crippen LogP contribution in [0.1, 0.15) is 10.6 Å². The topological polar surface area (TPSA) is 55.5 Å². The Hall–Kier alpha value is -2.23. The van der Waals surface area contributed by atoms with E-state index in [1.165, 1.54) is 0 Å². The summed E-state index contributed by atoms with van der Waals surface area (Å²) >= 11 is 0. The van der Waals surface area contributed by atoms with Crippen LogP contribution in [-0.2, 0) is 0 Å². The summed E-state index contributed by atoms with van der Waals surface area (Å²) in [6, 6.07) is 11.0. The van der Waals surface area contributed by atoms with Gasteiger partial charge in [0.05, 0.1) is 0 Å². The number of amides is 1. The summed E-state index contributed by atoms with van der Waals surface area (Å²) < 4.78 is 4.84. The van der Waals surface area contributed by atoms with Gasteiger partial charge in [-0.1, -0.05) is 35.5 Å². The Balaban J connectivity index is 2.36. The predicted molar refractivity (Wildman–Crippen MR) is 55.8 cm³/mol. The molecule has 0 aliphatic heterocycles. The maximum atomic E-state index is 11.1. The second-order valence-corrected chi connectivity index (χ2v) is 2.91. The molecule has 0 atom stereocenters. The summed E-state index contributed by atoms with van der Waals surface area (Å²) in [6.45, 7) is 3.13. The van der Waals surface area contributed by atoms with Crippen LogP contribution < -0.4 is 0 Å². The van der Waals surface area contributed by atoms with Crippen molar-refractivity contribution in [2.45, 2.75) is 0 Å². The third kappa shape index (κ3) is 1.83. The van der Waals surface area contributed by atoms with Gasteiger partial charge in [0.2, 0.25) is 5.76 Å². The number of carbonyl (C=O) groups excluding carboxylic acids is 1. The van der Waals surface area contributed by atoms with Gasteiger partial charge in [0, 0.05) is 11.6 Å². The molecule has 0 radical (unpaired) electrons. The summed E-state index contributed by atoms with van der Waals surface area (Å²) in [7, 11) is 0. The molecule has 0 unspecified atom stereocenters. The van der Waals surface area contributed by atoms with Crippen LogP contribution in [0.15, 0.2) is 45.9 Å². The molecule has 1 amide bonds. The van der Waals surface area contributed by atoms with Gasteiger partial charge in [-0.3, -0.25) is 4.79 Å².